The molecule has 0 saturated heterocycles. The van der Waals surface area contributed by atoms with Crippen molar-refractivity contribution < 1.29 is 13.9 Å². The van der Waals surface area contributed by atoms with Crippen LogP contribution in [0.4, 0.5) is 10.1 Å². The summed E-state index contributed by atoms with van der Waals surface area (Å²) >= 11 is 0. The Kier molecular flexibility index (Phi) is 6.42. The molecular formula is C26H30FN7O2. The first-order valence-corrected chi connectivity index (χ1v) is 12.3. The third-order valence-corrected chi connectivity index (χ3v) is 6.93. The van der Waals surface area contributed by atoms with Gasteiger partial charge in [0.15, 0.2) is 11.5 Å². The number of amides is 1. The van der Waals surface area contributed by atoms with E-state index in [4.69, 9.17) is 4.74 Å². The van der Waals surface area contributed by atoms with Crippen LogP contribution in [0.25, 0.3) is 22.4 Å². The van der Waals surface area contributed by atoms with Gasteiger partial charge >= 0.3 is 0 Å². The second-order valence-corrected chi connectivity index (χ2v) is 9.28. The maximum Gasteiger partial charge on any atom is 0.242 e. The van der Waals surface area contributed by atoms with Crippen molar-refractivity contribution in [1.29, 1.82) is 0 Å². The quantitative estimate of drug-likeness (QED) is 0.432. The molecule has 36 heavy (non-hydrogen) atoms. The van der Waals surface area contributed by atoms with Gasteiger partial charge in [-0.25, -0.2) is 14.1 Å². The molecule has 5 rings (SSSR count). The van der Waals surface area contributed by atoms with Crippen LogP contribution in [0.1, 0.15) is 48.3 Å². The van der Waals surface area contributed by atoms with Crippen LogP contribution in [-0.2, 0) is 31.2 Å². The van der Waals surface area contributed by atoms with Crippen LogP contribution in [0.15, 0.2) is 18.2 Å². The molecule has 0 unspecified atom stereocenters. The fraction of sp³-hybridized carbons (Fsp3) is 0.423. The number of halogens is 1. The van der Waals surface area contributed by atoms with Gasteiger partial charge in [-0.2, -0.15) is 0 Å². The largest absolute Gasteiger partial charge is 0.479 e. The van der Waals surface area contributed by atoms with Gasteiger partial charge in [-0.3, -0.25) is 4.79 Å². The van der Waals surface area contributed by atoms with Crippen molar-refractivity contribution in [2.45, 2.75) is 58.9 Å². The summed E-state index contributed by atoms with van der Waals surface area (Å²) in [5.74, 6) is 1.41. The number of pyridine rings is 1. The Bertz CT molecular complexity index is 1460. The van der Waals surface area contributed by atoms with Crippen LogP contribution < -0.4 is 10.1 Å². The van der Waals surface area contributed by atoms with E-state index in [9.17, 15) is 9.18 Å². The Labute approximate surface area is 208 Å². The van der Waals surface area contributed by atoms with Gasteiger partial charge in [0.1, 0.15) is 11.6 Å². The minimum absolute atomic E-state index is 0.138. The molecule has 0 atom stereocenters. The number of rotatable bonds is 6. The zero-order valence-electron chi connectivity index (χ0n) is 21.1. The maximum atomic E-state index is 14.6. The number of fused-ring (bicyclic) bond motifs is 2. The Morgan fingerprint density at radius 1 is 1.19 bits per heavy atom. The zero-order valence-corrected chi connectivity index (χ0v) is 21.1. The number of nitrogens with one attached hydrogen (secondary N) is 1. The number of hydrogen-bond donors (Lipinski definition) is 1. The fourth-order valence-corrected chi connectivity index (χ4v) is 5.02. The lowest BCUT2D eigenvalue weighted by Gasteiger charge is -2.12. The van der Waals surface area contributed by atoms with E-state index in [1.807, 2.05) is 20.9 Å². The molecule has 188 valence electrons. The molecule has 0 radical (unpaired) electrons. The third-order valence-electron chi connectivity index (χ3n) is 6.93. The van der Waals surface area contributed by atoms with Gasteiger partial charge < -0.3 is 14.6 Å². The van der Waals surface area contributed by atoms with Crippen molar-refractivity contribution >= 4 is 22.6 Å². The number of anilines is 1. The number of aryl methyl sites for hydroxylation is 4. The second kappa shape index (κ2) is 9.67. The average Bonchev–Trinajstić information content (AvgIpc) is 3.31. The predicted octanol–water partition coefficient (Wildman–Crippen LogP) is 4.29. The van der Waals surface area contributed by atoms with Gasteiger partial charge in [-0.1, -0.05) is 6.42 Å². The van der Waals surface area contributed by atoms with E-state index >= 15 is 0 Å². The molecule has 10 heteroatoms. The van der Waals surface area contributed by atoms with Crippen LogP contribution >= 0.6 is 0 Å². The summed E-state index contributed by atoms with van der Waals surface area (Å²) < 4.78 is 23.9. The molecule has 0 fully saturated rings. The lowest BCUT2D eigenvalue weighted by atomic mass is 10.00. The van der Waals surface area contributed by atoms with E-state index in [0.717, 1.165) is 71.5 Å². The number of methoxy groups -OCH3 is 1. The summed E-state index contributed by atoms with van der Waals surface area (Å²) in [6, 6.07) is 4.69. The van der Waals surface area contributed by atoms with Gasteiger partial charge in [0, 0.05) is 37.7 Å². The molecule has 0 spiro atoms. The highest BCUT2D eigenvalue weighted by molar-refractivity contribution is 5.92. The van der Waals surface area contributed by atoms with Gasteiger partial charge in [0.2, 0.25) is 11.8 Å². The van der Waals surface area contributed by atoms with Crippen LogP contribution in [0.2, 0.25) is 0 Å². The fourth-order valence-electron chi connectivity index (χ4n) is 5.02. The molecule has 1 aliphatic heterocycles. The normalized spacial score (nSPS) is 13.5. The lowest BCUT2D eigenvalue weighted by Crippen LogP contribution is -2.14. The van der Waals surface area contributed by atoms with E-state index in [-0.39, 0.29) is 18.0 Å². The van der Waals surface area contributed by atoms with Crippen LogP contribution in [-0.4, -0.2) is 42.5 Å². The molecule has 1 amide bonds. The monoisotopic (exact) mass is 491 g/mol. The molecule has 1 N–H and O–H groups in total. The molecule has 9 nitrogen and oxygen atoms in total. The summed E-state index contributed by atoms with van der Waals surface area (Å²) in [6.45, 7) is 4.75. The third kappa shape index (κ3) is 4.31. The number of hydrogen-bond acceptors (Lipinski definition) is 6. The summed E-state index contributed by atoms with van der Waals surface area (Å²) in [6.07, 6.45) is 4.85. The first kappa shape index (κ1) is 23.9. The van der Waals surface area contributed by atoms with Crippen molar-refractivity contribution in [3.05, 3.63) is 46.7 Å². The maximum absolute atomic E-state index is 14.6. The number of carbonyl (C=O) groups is 1. The van der Waals surface area contributed by atoms with Gasteiger partial charge in [0.05, 0.1) is 18.2 Å². The molecule has 4 heterocycles. The highest BCUT2D eigenvalue weighted by atomic mass is 19.1. The Hall–Kier alpha value is -3.82. The predicted molar refractivity (Wildman–Crippen MR) is 134 cm³/mol. The van der Waals surface area contributed by atoms with E-state index < -0.39 is 5.82 Å². The molecule has 4 aromatic rings. The van der Waals surface area contributed by atoms with Gasteiger partial charge in [0.25, 0.3) is 0 Å². The molecule has 0 saturated carbocycles. The minimum Gasteiger partial charge on any atom is -0.479 e. The SMILES string of the molecule is COc1nn(C)c2nc(C)c(CCC(=O)Nc3cc(-c4nnc5n4CCCCC5)ccc3F)c(C)c12. The summed E-state index contributed by atoms with van der Waals surface area (Å²) in [7, 11) is 3.40. The number of aromatic nitrogens is 6. The Balaban J connectivity index is 1.35. The van der Waals surface area contributed by atoms with Crippen LogP contribution in [0.3, 0.4) is 0 Å². The average molecular weight is 492 g/mol. The summed E-state index contributed by atoms with van der Waals surface area (Å²) in [4.78, 5) is 17.5. The highest BCUT2D eigenvalue weighted by Crippen LogP contribution is 2.31. The van der Waals surface area contributed by atoms with Gasteiger partial charge in [-0.05, 0) is 62.4 Å². The van der Waals surface area contributed by atoms with E-state index in [1.165, 1.54) is 6.07 Å². The standard InChI is InChI=1S/C26H30FN7O2/c1-15-18(16(2)28-25-23(15)26(36-4)32-33(25)3)10-12-22(35)29-20-14-17(9-11-19(20)27)24-31-30-21-8-6-5-7-13-34(21)24/h9,11,14H,5-8,10,12-13H2,1-4H3,(H,29,35). The van der Waals surface area contributed by atoms with Crippen LogP contribution in [0, 0.1) is 19.7 Å². The lowest BCUT2D eigenvalue weighted by molar-refractivity contribution is -0.116. The molecule has 1 aromatic carbocycles. The summed E-state index contributed by atoms with van der Waals surface area (Å²) in [5, 5.41) is 16.6. The smallest absolute Gasteiger partial charge is 0.242 e. The second-order valence-electron chi connectivity index (χ2n) is 9.28. The van der Waals surface area contributed by atoms with Crippen molar-refractivity contribution in [2.24, 2.45) is 7.05 Å². The Morgan fingerprint density at radius 2 is 2.03 bits per heavy atom. The van der Waals surface area contributed by atoms with E-state index in [2.05, 4.69) is 30.2 Å². The van der Waals surface area contributed by atoms with E-state index in [1.54, 1.807) is 23.9 Å². The van der Waals surface area contributed by atoms with Crippen LogP contribution in [0.5, 0.6) is 5.88 Å². The molecule has 3 aromatic heterocycles. The van der Waals surface area contributed by atoms with E-state index in [0.29, 0.717) is 18.1 Å². The molecular weight excluding hydrogens is 461 g/mol. The number of benzene rings is 1. The first-order valence-electron chi connectivity index (χ1n) is 12.3. The zero-order chi connectivity index (χ0) is 25.4. The highest BCUT2D eigenvalue weighted by Gasteiger charge is 2.20. The Morgan fingerprint density at radius 3 is 2.83 bits per heavy atom. The molecule has 0 bridgehead atoms. The number of carbonyl (C=O) groups excluding carboxylic acids is 1. The summed E-state index contributed by atoms with van der Waals surface area (Å²) in [5.41, 5.74) is 4.39. The van der Waals surface area contributed by atoms with Crippen molar-refractivity contribution in [2.75, 3.05) is 12.4 Å². The van der Waals surface area contributed by atoms with Crippen molar-refractivity contribution in [1.82, 2.24) is 29.5 Å². The minimum atomic E-state index is -0.488. The molecule has 0 aliphatic carbocycles. The first-order chi connectivity index (χ1) is 17.4. The topological polar surface area (TPSA) is 99.8 Å². The van der Waals surface area contributed by atoms with Crippen molar-refractivity contribution in [3.63, 3.8) is 0 Å². The van der Waals surface area contributed by atoms with Crippen molar-refractivity contribution in [3.8, 4) is 17.3 Å². The molecule has 1 aliphatic rings. The number of nitrogens with zero attached hydrogens (tertiary/aromatic N) is 6. The van der Waals surface area contributed by atoms with Gasteiger partial charge in [-0.15, -0.1) is 15.3 Å². The number of ether oxygens (including phenoxy) is 1.